The van der Waals surface area contributed by atoms with Crippen molar-refractivity contribution in [3.8, 4) is 0 Å². The number of nitrogens with one attached hydrogen (secondary N) is 1. The Hall–Kier alpha value is -4.47. The Balaban J connectivity index is 1.64. The molecule has 10 heteroatoms. The van der Waals surface area contributed by atoms with E-state index in [2.05, 4.69) is 15.5 Å². The van der Waals surface area contributed by atoms with Gasteiger partial charge >= 0.3 is 12.4 Å². The maximum atomic E-state index is 13.0. The molecule has 0 aliphatic rings. The van der Waals surface area contributed by atoms with Crippen molar-refractivity contribution in [3.05, 3.63) is 119 Å². The average Bonchev–Trinajstić information content (AvgIpc) is 2.86. The van der Waals surface area contributed by atoms with Crippen LogP contribution in [0, 0.1) is 6.92 Å². The number of carbonyl (C=O) groups is 1. The van der Waals surface area contributed by atoms with Crippen LogP contribution in [0.2, 0.25) is 0 Å². The molecule has 194 valence electrons. The van der Waals surface area contributed by atoms with Crippen molar-refractivity contribution in [1.29, 1.82) is 0 Å². The van der Waals surface area contributed by atoms with Crippen LogP contribution in [0.5, 0.6) is 0 Å². The molecule has 0 radical (unpaired) electrons. The van der Waals surface area contributed by atoms with Gasteiger partial charge in [0.25, 0.3) is 0 Å². The van der Waals surface area contributed by atoms with E-state index in [-0.39, 0.29) is 0 Å². The maximum Gasteiger partial charge on any atom is 0.416 e. The number of amides is 1. The first-order valence-electron chi connectivity index (χ1n) is 11.2. The molecule has 0 spiro atoms. The van der Waals surface area contributed by atoms with Gasteiger partial charge in [0.05, 0.1) is 28.0 Å². The van der Waals surface area contributed by atoms with Crippen LogP contribution in [-0.2, 0) is 17.1 Å². The number of fused-ring (bicyclic) bond motifs is 1. The third kappa shape index (κ3) is 6.26. The number of aryl methyl sites for hydroxylation is 1. The van der Waals surface area contributed by atoms with E-state index in [1.54, 1.807) is 31.2 Å². The van der Waals surface area contributed by atoms with Crippen LogP contribution in [0.3, 0.4) is 0 Å². The molecular weight excluding hydrogens is 508 g/mol. The fraction of sp³-hybridized carbons (Fsp3) is 0.107. The first-order chi connectivity index (χ1) is 17.9. The van der Waals surface area contributed by atoms with Gasteiger partial charge in [0, 0.05) is 11.5 Å². The molecule has 0 saturated carbocycles. The number of hydrogen-bond donors (Lipinski definition) is 1. The van der Waals surface area contributed by atoms with Gasteiger partial charge in [-0.1, -0.05) is 42.5 Å². The number of benzene rings is 3. The van der Waals surface area contributed by atoms with Crippen molar-refractivity contribution in [1.82, 2.24) is 10.2 Å². The van der Waals surface area contributed by atoms with E-state index in [1.165, 1.54) is 42.5 Å². The predicted molar refractivity (Wildman–Crippen MR) is 132 cm³/mol. The van der Waals surface area contributed by atoms with Crippen molar-refractivity contribution in [2.24, 2.45) is 0 Å². The van der Waals surface area contributed by atoms with Gasteiger partial charge in [0.2, 0.25) is 5.91 Å². The molecule has 1 amide bonds. The van der Waals surface area contributed by atoms with Crippen LogP contribution in [0.1, 0.15) is 27.9 Å². The van der Waals surface area contributed by atoms with Gasteiger partial charge in [0.15, 0.2) is 0 Å². The highest BCUT2D eigenvalue weighted by atomic mass is 19.4. The summed E-state index contributed by atoms with van der Waals surface area (Å²) in [4.78, 5) is 12.6. The minimum Gasteiger partial charge on any atom is -0.322 e. The molecule has 4 nitrogen and oxygen atoms in total. The minimum atomic E-state index is -4.54. The van der Waals surface area contributed by atoms with Gasteiger partial charge in [-0.25, -0.2) is 0 Å². The topological polar surface area (TPSA) is 54.9 Å². The van der Waals surface area contributed by atoms with Crippen LogP contribution in [-0.4, -0.2) is 16.1 Å². The second-order valence-corrected chi connectivity index (χ2v) is 8.30. The van der Waals surface area contributed by atoms with E-state index in [4.69, 9.17) is 0 Å². The summed E-state index contributed by atoms with van der Waals surface area (Å²) in [6.07, 6.45) is -5.06. The average molecular weight is 527 g/mol. The number of rotatable bonds is 5. The van der Waals surface area contributed by atoms with Gasteiger partial charge in [-0.2, -0.15) is 36.5 Å². The fourth-order valence-electron chi connectivity index (χ4n) is 3.71. The lowest BCUT2D eigenvalue weighted by atomic mass is 9.95. The minimum absolute atomic E-state index is 0.325. The van der Waals surface area contributed by atoms with Gasteiger partial charge in [-0.05, 0) is 66.1 Å². The zero-order chi connectivity index (χ0) is 27.5. The number of nitrogens with zero attached hydrogens (tertiary/aromatic N) is 2. The number of halogens is 6. The highest BCUT2D eigenvalue weighted by Crippen LogP contribution is 2.33. The SMILES string of the molecule is Cc1cc2c(NC(=O)C=CC=C(c3ccc(C(F)(F)F)cc3)c3ccc(C(F)(F)F)cc3)cccc2nn1. The van der Waals surface area contributed by atoms with Crippen molar-refractivity contribution in [3.63, 3.8) is 0 Å². The number of allylic oxidation sites excluding steroid dienone is 2. The number of alkyl halides is 6. The van der Waals surface area contributed by atoms with Crippen molar-refractivity contribution >= 4 is 28.1 Å². The molecule has 0 saturated heterocycles. The highest BCUT2D eigenvalue weighted by molar-refractivity contribution is 6.05. The standard InChI is InChI=1S/C28H19F6N3O/c1-17-16-23-24(5-3-6-25(23)37-36-17)35-26(38)7-2-4-22(18-8-12-20(13-9-18)27(29,30)31)19-10-14-21(15-11-19)28(32,33)34/h2-16H,1H3,(H,35,38). The van der Waals surface area contributed by atoms with Crippen LogP contribution in [0.25, 0.3) is 16.5 Å². The number of carbonyl (C=O) groups excluding carboxylic acids is 1. The normalized spacial score (nSPS) is 12.1. The molecule has 0 aliphatic carbocycles. The molecule has 0 bridgehead atoms. The van der Waals surface area contributed by atoms with E-state index >= 15 is 0 Å². The smallest absolute Gasteiger partial charge is 0.322 e. The molecule has 4 rings (SSSR count). The largest absolute Gasteiger partial charge is 0.416 e. The van der Waals surface area contributed by atoms with E-state index < -0.39 is 29.4 Å². The van der Waals surface area contributed by atoms with Gasteiger partial charge in [-0.15, -0.1) is 0 Å². The molecule has 0 fully saturated rings. The second kappa shape index (κ2) is 10.5. The Morgan fingerprint density at radius 3 is 1.87 bits per heavy atom. The van der Waals surface area contributed by atoms with Crippen LogP contribution < -0.4 is 5.32 Å². The van der Waals surface area contributed by atoms with E-state index in [9.17, 15) is 31.1 Å². The van der Waals surface area contributed by atoms with E-state index in [0.717, 1.165) is 24.3 Å². The third-order valence-corrected chi connectivity index (χ3v) is 5.57. The lowest BCUT2D eigenvalue weighted by molar-refractivity contribution is -0.138. The van der Waals surface area contributed by atoms with Crippen LogP contribution in [0.15, 0.2) is 91.0 Å². The van der Waals surface area contributed by atoms with Gasteiger partial charge < -0.3 is 5.32 Å². The highest BCUT2D eigenvalue weighted by Gasteiger charge is 2.31. The van der Waals surface area contributed by atoms with Crippen molar-refractivity contribution in [2.75, 3.05) is 5.32 Å². The number of aromatic nitrogens is 2. The van der Waals surface area contributed by atoms with Gasteiger partial charge in [0.1, 0.15) is 0 Å². The van der Waals surface area contributed by atoms with Crippen LogP contribution >= 0.6 is 0 Å². The van der Waals surface area contributed by atoms with E-state index in [0.29, 0.717) is 39.0 Å². The predicted octanol–water partition coefficient (Wildman–Crippen LogP) is 7.60. The Labute approximate surface area is 213 Å². The zero-order valence-corrected chi connectivity index (χ0v) is 19.7. The molecule has 1 aromatic heterocycles. The number of hydrogen-bond acceptors (Lipinski definition) is 3. The van der Waals surface area contributed by atoms with E-state index in [1.807, 2.05) is 0 Å². The Bertz CT molecular complexity index is 1460. The summed E-state index contributed by atoms with van der Waals surface area (Å²) >= 11 is 0. The maximum absolute atomic E-state index is 13.0. The summed E-state index contributed by atoms with van der Waals surface area (Å²) < 4.78 is 78.0. The first kappa shape index (κ1) is 26.6. The zero-order valence-electron chi connectivity index (χ0n) is 19.7. The molecule has 0 unspecified atom stereocenters. The van der Waals surface area contributed by atoms with Crippen molar-refractivity contribution in [2.45, 2.75) is 19.3 Å². The molecule has 1 heterocycles. The summed E-state index contributed by atoms with van der Waals surface area (Å²) in [7, 11) is 0. The molecule has 4 aromatic rings. The summed E-state index contributed by atoms with van der Waals surface area (Å²) in [5, 5.41) is 11.5. The molecule has 38 heavy (non-hydrogen) atoms. The lowest BCUT2D eigenvalue weighted by Crippen LogP contribution is -2.08. The molecule has 0 atom stereocenters. The molecule has 3 aromatic carbocycles. The summed E-state index contributed by atoms with van der Waals surface area (Å²) in [6, 6.07) is 15.3. The lowest BCUT2D eigenvalue weighted by Gasteiger charge is -2.12. The van der Waals surface area contributed by atoms with Crippen LogP contribution in [0.4, 0.5) is 32.0 Å². The van der Waals surface area contributed by atoms with Gasteiger partial charge in [-0.3, -0.25) is 4.79 Å². The van der Waals surface area contributed by atoms with Crippen molar-refractivity contribution < 1.29 is 31.1 Å². The first-order valence-corrected chi connectivity index (χ1v) is 11.2. The Kier molecular flexibility index (Phi) is 7.34. The fourth-order valence-corrected chi connectivity index (χ4v) is 3.71. The second-order valence-electron chi connectivity index (χ2n) is 8.30. The summed E-state index contributed by atoms with van der Waals surface area (Å²) in [5.74, 6) is -0.498. The summed E-state index contributed by atoms with van der Waals surface area (Å²) in [5.41, 5.74) is 1.00. The monoisotopic (exact) mass is 527 g/mol. The molecule has 1 N–H and O–H groups in total. The quantitative estimate of drug-likeness (QED) is 0.165. The third-order valence-electron chi connectivity index (χ3n) is 5.57. The Morgan fingerprint density at radius 1 is 0.789 bits per heavy atom. The Morgan fingerprint density at radius 2 is 1.34 bits per heavy atom. The summed E-state index contributed by atoms with van der Waals surface area (Å²) in [6.45, 7) is 1.76. The molecule has 0 aliphatic heterocycles. The molecular formula is C28H19F6N3O. The number of anilines is 1.